The molecule has 18 heavy (non-hydrogen) atoms. The summed E-state index contributed by atoms with van der Waals surface area (Å²) in [6, 6.07) is 2.06. The first-order chi connectivity index (χ1) is 8.70. The van der Waals surface area contributed by atoms with Crippen LogP contribution in [0.3, 0.4) is 0 Å². The molecule has 0 bridgehead atoms. The van der Waals surface area contributed by atoms with Gasteiger partial charge in [-0.05, 0) is 37.8 Å². The summed E-state index contributed by atoms with van der Waals surface area (Å²) in [5.41, 5.74) is 1.50. The van der Waals surface area contributed by atoms with Gasteiger partial charge in [-0.3, -0.25) is 4.79 Å². The maximum atomic E-state index is 11.6. The van der Waals surface area contributed by atoms with E-state index in [9.17, 15) is 4.79 Å². The van der Waals surface area contributed by atoms with Crippen molar-refractivity contribution in [3.05, 3.63) is 21.4 Å². The van der Waals surface area contributed by atoms with E-state index >= 15 is 0 Å². The Bertz CT molecular complexity index is 451. The zero-order valence-corrected chi connectivity index (χ0v) is 11.4. The summed E-state index contributed by atoms with van der Waals surface area (Å²) >= 11 is 1.87. The number of carbonyl (C=O) groups is 1. The van der Waals surface area contributed by atoms with Crippen LogP contribution in [0, 0.1) is 12.3 Å². The Hall–Kier alpha value is -1.31. The molecule has 1 aromatic rings. The summed E-state index contributed by atoms with van der Waals surface area (Å²) in [4.78, 5) is 14.4. The third-order valence-electron chi connectivity index (χ3n) is 3.14. The zero-order valence-electron chi connectivity index (χ0n) is 10.6. The quantitative estimate of drug-likeness (QED) is 0.789. The fourth-order valence-corrected chi connectivity index (χ4v) is 3.33. The monoisotopic (exact) mass is 262 g/mol. The van der Waals surface area contributed by atoms with Gasteiger partial charge in [0.2, 0.25) is 5.91 Å². The topological polar surface area (TPSA) is 41.1 Å². The van der Waals surface area contributed by atoms with E-state index in [2.05, 4.69) is 22.6 Å². The number of nitrogens with one attached hydrogen (secondary N) is 2. The molecule has 0 fully saturated rings. The van der Waals surface area contributed by atoms with Gasteiger partial charge in [-0.2, -0.15) is 0 Å². The van der Waals surface area contributed by atoms with Gasteiger partial charge >= 0.3 is 0 Å². The number of rotatable bonds is 5. The predicted molar refractivity (Wildman–Crippen MR) is 74.5 cm³/mol. The molecule has 1 aromatic heterocycles. The SMILES string of the molecule is C#CCNC(=O)C(C)NCc1cc2c(s1)CCC2. The van der Waals surface area contributed by atoms with Crippen LogP contribution < -0.4 is 10.6 Å². The smallest absolute Gasteiger partial charge is 0.237 e. The van der Waals surface area contributed by atoms with Crippen LogP contribution in [0.2, 0.25) is 0 Å². The minimum Gasteiger partial charge on any atom is -0.344 e. The molecule has 0 spiro atoms. The largest absolute Gasteiger partial charge is 0.344 e. The van der Waals surface area contributed by atoms with Crippen molar-refractivity contribution < 1.29 is 4.79 Å². The fraction of sp³-hybridized carbons (Fsp3) is 0.500. The second kappa shape index (κ2) is 6.03. The molecule has 1 unspecified atom stereocenters. The lowest BCUT2D eigenvalue weighted by molar-refractivity contribution is -0.122. The molecule has 0 saturated carbocycles. The summed E-state index contributed by atoms with van der Waals surface area (Å²) in [6.07, 6.45) is 8.82. The number of thiophene rings is 1. The molecule has 0 saturated heterocycles. The Labute approximate surface area is 112 Å². The van der Waals surface area contributed by atoms with E-state index in [1.807, 2.05) is 18.3 Å². The molecule has 1 aliphatic carbocycles. The molecular formula is C14H18N2OS. The van der Waals surface area contributed by atoms with E-state index in [0.717, 1.165) is 6.54 Å². The maximum Gasteiger partial charge on any atom is 0.237 e. The summed E-state index contributed by atoms with van der Waals surface area (Å²) in [6.45, 7) is 2.90. The van der Waals surface area contributed by atoms with Crippen LogP contribution in [-0.2, 0) is 24.2 Å². The third-order valence-corrected chi connectivity index (χ3v) is 4.38. The van der Waals surface area contributed by atoms with E-state index in [1.54, 1.807) is 0 Å². The van der Waals surface area contributed by atoms with Crippen molar-refractivity contribution in [1.82, 2.24) is 10.6 Å². The summed E-state index contributed by atoms with van der Waals surface area (Å²) in [5.74, 6) is 2.35. The van der Waals surface area contributed by atoms with Crippen LogP contribution in [0.15, 0.2) is 6.07 Å². The van der Waals surface area contributed by atoms with Crippen LogP contribution in [0.25, 0.3) is 0 Å². The second-order valence-corrected chi connectivity index (χ2v) is 5.76. The number of aryl methyl sites for hydroxylation is 2. The van der Waals surface area contributed by atoms with E-state index in [1.165, 1.54) is 34.6 Å². The van der Waals surface area contributed by atoms with Gasteiger partial charge in [0.25, 0.3) is 0 Å². The third kappa shape index (κ3) is 3.12. The van der Waals surface area contributed by atoms with Gasteiger partial charge in [-0.15, -0.1) is 17.8 Å². The average Bonchev–Trinajstić information content (AvgIpc) is 2.93. The molecule has 96 valence electrons. The lowest BCUT2D eigenvalue weighted by atomic mass is 10.2. The fourth-order valence-electron chi connectivity index (χ4n) is 2.12. The molecule has 2 N–H and O–H groups in total. The van der Waals surface area contributed by atoms with Gasteiger partial charge < -0.3 is 10.6 Å². The van der Waals surface area contributed by atoms with Crippen molar-refractivity contribution >= 4 is 17.2 Å². The molecule has 0 aromatic carbocycles. The first kappa shape index (κ1) is 13.1. The normalized spacial score (nSPS) is 14.9. The molecule has 0 aliphatic heterocycles. The first-order valence-electron chi connectivity index (χ1n) is 6.25. The maximum absolute atomic E-state index is 11.6. The molecule has 4 heteroatoms. The highest BCUT2D eigenvalue weighted by Crippen LogP contribution is 2.30. The highest BCUT2D eigenvalue weighted by Gasteiger charge is 2.16. The Kier molecular flexibility index (Phi) is 4.40. The van der Waals surface area contributed by atoms with Gasteiger partial charge in [0.15, 0.2) is 0 Å². The van der Waals surface area contributed by atoms with Crippen molar-refractivity contribution in [1.29, 1.82) is 0 Å². The lowest BCUT2D eigenvalue weighted by Gasteiger charge is -2.12. The lowest BCUT2D eigenvalue weighted by Crippen LogP contribution is -2.41. The summed E-state index contributed by atoms with van der Waals surface area (Å²) < 4.78 is 0. The van der Waals surface area contributed by atoms with Crippen LogP contribution in [0.1, 0.15) is 28.7 Å². The number of carbonyl (C=O) groups excluding carboxylic acids is 1. The number of terminal acetylenes is 1. The van der Waals surface area contributed by atoms with E-state index in [4.69, 9.17) is 6.42 Å². The summed E-state index contributed by atoms with van der Waals surface area (Å²) in [5, 5.41) is 5.90. The van der Waals surface area contributed by atoms with E-state index < -0.39 is 0 Å². The minimum atomic E-state index is -0.213. The molecular weight excluding hydrogens is 244 g/mol. The van der Waals surface area contributed by atoms with Crippen molar-refractivity contribution in [2.45, 2.75) is 38.8 Å². The van der Waals surface area contributed by atoms with Crippen molar-refractivity contribution in [3.8, 4) is 12.3 Å². The number of hydrogen-bond acceptors (Lipinski definition) is 3. The average molecular weight is 262 g/mol. The molecule has 1 amide bonds. The predicted octanol–water partition coefficient (Wildman–Crippen LogP) is 1.46. The van der Waals surface area contributed by atoms with Crippen molar-refractivity contribution in [3.63, 3.8) is 0 Å². The van der Waals surface area contributed by atoms with Crippen molar-refractivity contribution in [2.24, 2.45) is 0 Å². The molecule has 0 radical (unpaired) electrons. The van der Waals surface area contributed by atoms with Gasteiger partial charge in [-0.1, -0.05) is 5.92 Å². The second-order valence-electron chi connectivity index (χ2n) is 4.54. The van der Waals surface area contributed by atoms with Crippen molar-refractivity contribution in [2.75, 3.05) is 6.54 Å². The van der Waals surface area contributed by atoms with Gasteiger partial charge in [-0.25, -0.2) is 0 Å². The van der Waals surface area contributed by atoms with Crippen LogP contribution in [-0.4, -0.2) is 18.5 Å². The Morgan fingerprint density at radius 2 is 2.44 bits per heavy atom. The Morgan fingerprint density at radius 3 is 3.17 bits per heavy atom. The number of fused-ring (bicyclic) bond motifs is 1. The minimum absolute atomic E-state index is 0.0444. The summed E-state index contributed by atoms with van der Waals surface area (Å²) in [7, 11) is 0. The van der Waals surface area contributed by atoms with Gasteiger partial charge in [0, 0.05) is 16.3 Å². The molecule has 1 atom stereocenters. The highest BCUT2D eigenvalue weighted by atomic mass is 32.1. The van der Waals surface area contributed by atoms with E-state index in [0.29, 0.717) is 0 Å². The van der Waals surface area contributed by atoms with Gasteiger partial charge in [0.1, 0.15) is 0 Å². The van der Waals surface area contributed by atoms with Crippen LogP contribution in [0.5, 0.6) is 0 Å². The van der Waals surface area contributed by atoms with E-state index in [-0.39, 0.29) is 18.5 Å². The standard InChI is InChI=1S/C14H18N2OS/c1-3-7-15-14(17)10(2)16-9-12-8-11-5-4-6-13(11)18-12/h1,8,10,16H,4-7,9H2,2H3,(H,15,17). The molecule has 1 heterocycles. The number of hydrogen-bond donors (Lipinski definition) is 2. The number of amides is 1. The Morgan fingerprint density at radius 1 is 1.61 bits per heavy atom. The van der Waals surface area contributed by atoms with Crippen LogP contribution in [0.4, 0.5) is 0 Å². The molecule has 1 aliphatic rings. The first-order valence-corrected chi connectivity index (χ1v) is 7.07. The van der Waals surface area contributed by atoms with Gasteiger partial charge in [0.05, 0.1) is 12.6 Å². The zero-order chi connectivity index (χ0) is 13.0. The highest BCUT2D eigenvalue weighted by molar-refractivity contribution is 7.12. The molecule has 2 rings (SSSR count). The molecule has 3 nitrogen and oxygen atoms in total. The Balaban J connectivity index is 1.80. The van der Waals surface area contributed by atoms with Crippen LogP contribution >= 0.6 is 11.3 Å².